The maximum atomic E-state index is 13.1. The smallest absolute Gasteiger partial charge is 0.242 e. The van der Waals surface area contributed by atoms with Crippen LogP contribution in [0.3, 0.4) is 0 Å². The number of aliphatic hydroxyl groups excluding tert-OH is 1. The molecule has 0 aliphatic heterocycles. The summed E-state index contributed by atoms with van der Waals surface area (Å²) in [5, 5.41) is 9.03. The van der Waals surface area contributed by atoms with E-state index in [1.807, 2.05) is 0 Å². The van der Waals surface area contributed by atoms with Crippen molar-refractivity contribution in [3.63, 3.8) is 0 Å². The molecule has 5 nitrogen and oxygen atoms in total. The zero-order chi connectivity index (χ0) is 13.9. The van der Waals surface area contributed by atoms with Gasteiger partial charge < -0.3 is 10.8 Å². The number of sulfonamides is 1. The van der Waals surface area contributed by atoms with Crippen LogP contribution in [-0.4, -0.2) is 26.2 Å². The van der Waals surface area contributed by atoms with E-state index in [1.54, 1.807) is 6.92 Å². The van der Waals surface area contributed by atoms with Crippen LogP contribution < -0.4 is 10.5 Å². The number of hydrogen-bond donors (Lipinski definition) is 3. The third-order valence-electron chi connectivity index (χ3n) is 2.32. The maximum absolute atomic E-state index is 13.1. The number of rotatable bonds is 5. The fourth-order valence-corrected chi connectivity index (χ4v) is 2.80. The van der Waals surface area contributed by atoms with Gasteiger partial charge in [-0.3, -0.25) is 0 Å². The first-order chi connectivity index (χ1) is 8.27. The normalized spacial score (nSPS) is 13.6. The molecule has 0 heterocycles. The standard InChI is InChI=1S/C10H14ClFN2O3S/c1-2-6(15)5-14-18(16,17)10-4-9(13)8(12)3-7(10)11/h3-4,6,14-15H,2,5,13H2,1H3. The molecule has 8 heteroatoms. The minimum Gasteiger partial charge on any atom is -0.396 e. The van der Waals surface area contributed by atoms with Crippen LogP contribution in [0.15, 0.2) is 17.0 Å². The molecule has 1 unspecified atom stereocenters. The molecule has 0 amide bonds. The Morgan fingerprint density at radius 2 is 2.17 bits per heavy atom. The quantitative estimate of drug-likeness (QED) is 0.710. The largest absolute Gasteiger partial charge is 0.396 e. The van der Waals surface area contributed by atoms with Gasteiger partial charge in [0, 0.05) is 6.54 Å². The van der Waals surface area contributed by atoms with Gasteiger partial charge in [0.15, 0.2) is 0 Å². The van der Waals surface area contributed by atoms with Gasteiger partial charge in [-0.05, 0) is 18.6 Å². The third-order valence-corrected chi connectivity index (χ3v) is 4.21. The van der Waals surface area contributed by atoms with Gasteiger partial charge in [0.2, 0.25) is 10.0 Å². The van der Waals surface area contributed by atoms with Crippen molar-refractivity contribution in [3.8, 4) is 0 Å². The highest BCUT2D eigenvalue weighted by Gasteiger charge is 2.20. The predicted molar refractivity (Wildman–Crippen MR) is 67.3 cm³/mol. The molecule has 0 aliphatic carbocycles. The van der Waals surface area contributed by atoms with Crippen LogP contribution >= 0.6 is 11.6 Å². The Kier molecular flexibility index (Phi) is 4.92. The third kappa shape index (κ3) is 3.55. The van der Waals surface area contributed by atoms with Crippen LogP contribution in [0.25, 0.3) is 0 Å². The lowest BCUT2D eigenvalue weighted by atomic mass is 10.3. The minimum atomic E-state index is -3.92. The van der Waals surface area contributed by atoms with Gasteiger partial charge >= 0.3 is 0 Å². The molecule has 1 aromatic rings. The van der Waals surface area contributed by atoms with Gasteiger partial charge in [0.1, 0.15) is 10.7 Å². The van der Waals surface area contributed by atoms with Gasteiger partial charge in [-0.2, -0.15) is 0 Å². The first-order valence-corrected chi connectivity index (χ1v) is 7.06. The van der Waals surface area contributed by atoms with E-state index in [0.717, 1.165) is 12.1 Å². The minimum absolute atomic E-state index is 0.146. The second-order valence-electron chi connectivity index (χ2n) is 3.72. The Morgan fingerprint density at radius 1 is 1.56 bits per heavy atom. The van der Waals surface area contributed by atoms with E-state index >= 15 is 0 Å². The number of aliphatic hydroxyl groups is 1. The van der Waals surface area contributed by atoms with Crippen molar-refractivity contribution >= 4 is 27.3 Å². The van der Waals surface area contributed by atoms with E-state index in [9.17, 15) is 17.9 Å². The molecule has 0 spiro atoms. The molecule has 0 aliphatic rings. The zero-order valence-corrected chi connectivity index (χ0v) is 11.2. The molecule has 4 N–H and O–H groups in total. The lowest BCUT2D eigenvalue weighted by Gasteiger charge is -2.12. The lowest BCUT2D eigenvalue weighted by Crippen LogP contribution is -2.32. The molecular formula is C10H14ClFN2O3S. The van der Waals surface area contributed by atoms with Crippen LogP contribution in [0.5, 0.6) is 0 Å². The highest BCUT2D eigenvalue weighted by Crippen LogP contribution is 2.26. The van der Waals surface area contributed by atoms with Gasteiger partial charge in [0.25, 0.3) is 0 Å². The van der Waals surface area contributed by atoms with Crippen molar-refractivity contribution < 1.29 is 17.9 Å². The molecular weight excluding hydrogens is 283 g/mol. The summed E-state index contributed by atoms with van der Waals surface area (Å²) in [5.74, 6) is -0.785. The summed E-state index contributed by atoms with van der Waals surface area (Å²) in [5.41, 5.74) is 4.98. The SMILES string of the molecule is CCC(O)CNS(=O)(=O)c1cc(N)c(F)cc1Cl. The predicted octanol–water partition coefficient (Wildman–Crippen LogP) is 1.11. The highest BCUT2D eigenvalue weighted by molar-refractivity contribution is 7.89. The molecule has 1 rings (SSSR count). The molecule has 0 saturated carbocycles. The number of hydrogen-bond acceptors (Lipinski definition) is 4. The van der Waals surface area contributed by atoms with Gasteiger partial charge in [-0.1, -0.05) is 18.5 Å². The van der Waals surface area contributed by atoms with E-state index < -0.39 is 21.9 Å². The van der Waals surface area contributed by atoms with Crippen LogP contribution in [0.2, 0.25) is 5.02 Å². The van der Waals surface area contributed by atoms with Gasteiger partial charge in [0.05, 0.1) is 16.8 Å². The van der Waals surface area contributed by atoms with E-state index in [1.165, 1.54) is 0 Å². The summed E-state index contributed by atoms with van der Waals surface area (Å²) in [4.78, 5) is -0.314. The summed E-state index contributed by atoms with van der Waals surface area (Å²) in [7, 11) is -3.92. The number of nitrogens with two attached hydrogens (primary N) is 1. The van der Waals surface area contributed by atoms with E-state index in [2.05, 4.69) is 4.72 Å². The second-order valence-corrected chi connectivity index (χ2v) is 5.86. The summed E-state index contributed by atoms with van der Waals surface area (Å²) in [6.07, 6.45) is -0.390. The van der Waals surface area contributed by atoms with Crippen LogP contribution in [-0.2, 0) is 10.0 Å². The molecule has 0 aromatic heterocycles. The second kappa shape index (κ2) is 5.83. The summed E-state index contributed by atoms with van der Waals surface area (Å²) >= 11 is 5.66. The summed E-state index contributed by atoms with van der Waals surface area (Å²) in [6.45, 7) is 1.56. The Balaban J connectivity index is 3.02. The fourth-order valence-electron chi connectivity index (χ4n) is 1.18. The molecule has 1 aromatic carbocycles. The first kappa shape index (κ1) is 15.2. The van der Waals surface area contributed by atoms with Crippen molar-refractivity contribution in [2.45, 2.75) is 24.3 Å². The molecule has 1 atom stereocenters. The molecule has 18 heavy (non-hydrogen) atoms. The van der Waals surface area contributed by atoms with Crippen molar-refractivity contribution in [2.75, 3.05) is 12.3 Å². The maximum Gasteiger partial charge on any atom is 0.242 e. The number of nitrogens with one attached hydrogen (secondary N) is 1. The Hall–Kier alpha value is -0.890. The lowest BCUT2D eigenvalue weighted by molar-refractivity contribution is 0.174. The van der Waals surface area contributed by atoms with Crippen LogP contribution in [0.4, 0.5) is 10.1 Å². The van der Waals surface area contributed by atoms with Gasteiger partial charge in [-0.25, -0.2) is 17.5 Å². The van der Waals surface area contributed by atoms with Crippen LogP contribution in [0, 0.1) is 5.82 Å². The number of anilines is 1. The Labute approximate surface area is 110 Å². The number of halogens is 2. The first-order valence-electron chi connectivity index (χ1n) is 5.20. The van der Waals surface area contributed by atoms with Gasteiger partial charge in [-0.15, -0.1) is 0 Å². The molecule has 0 fully saturated rings. The average Bonchev–Trinajstić information content (AvgIpc) is 2.30. The molecule has 102 valence electrons. The van der Waals surface area contributed by atoms with E-state index in [4.69, 9.17) is 17.3 Å². The highest BCUT2D eigenvalue weighted by atomic mass is 35.5. The number of benzene rings is 1. The summed E-state index contributed by atoms with van der Waals surface area (Å²) in [6, 6.07) is 1.78. The van der Waals surface area contributed by atoms with E-state index in [0.29, 0.717) is 6.42 Å². The average molecular weight is 297 g/mol. The topological polar surface area (TPSA) is 92.4 Å². The fraction of sp³-hybridized carbons (Fsp3) is 0.400. The van der Waals surface area contributed by atoms with Crippen molar-refractivity contribution in [1.29, 1.82) is 0 Å². The monoisotopic (exact) mass is 296 g/mol. The molecule has 0 bridgehead atoms. The number of nitrogen functional groups attached to an aromatic ring is 1. The molecule has 0 saturated heterocycles. The zero-order valence-electron chi connectivity index (χ0n) is 9.65. The molecule has 0 radical (unpaired) electrons. The summed E-state index contributed by atoms with van der Waals surface area (Å²) < 4.78 is 38.9. The van der Waals surface area contributed by atoms with Crippen molar-refractivity contribution in [2.24, 2.45) is 0 Å². The van der Waals surface area contributed by atoms with E-state index in [-0.39, 0.29) is 22.2 Å². The Bertz CT molecular complexity index is 536. The Morgan fingerprint density at radius 3 is 2.72 bits per heavy atom. The van der Waals surface area contributed by atoms with Crippen molar-refractivity contribution in [1.82, 2.24) is 4.72 Å². The van der Waals surface area contributed by atoms with Crippen LogP contribution in [0.1, 0.15) is 13.3 Å². The van der Waals surface area contributed by atoms with Crippen molar-refractivity contribution in [3.05, 3.63) is 23.0 Å².